The van der Waals surface area contributed by atoms with Crippen LogP contribution in [0.1, 0.15) is 50.6 Å². The van der Waals surface area contributed by atoms with Crippen LogP contribution in [0.25, 0.3) is 0 Å². The second-order valence-corrected chi connectivity index (χ2v) is 7.54. The lowest BCUT2D eigenvalue weighted by molar-refractivity contribution is -0.274. The second-order valence-electron chi connectivity index (χ2n) is 7.54. The minimum atomic E-state index is -4.71. The van der Waals surface area contributed by atoms with Gasteiger partial charge in [-0.25, -0.2) is 0 Å². The van der Waals surface area contributed by atoms with Gasteiger partial charge in [-0.15, -0.1) is 13.2 Å². The summed E-state index contributed by atoms with van der Waals surface area (Å²) >= 11 is 0. The maximum atomic E-state index is 12.6. The van der Waals surface area contributed by atoms with Gasteiger partial charge in [-0.05, 0) is 62.1 Å². The van der Waals surface area contributed by atoms with Crippen molar-refractivity contribution < 1.29 is 22.7 Å². The Morgan fingerprint density at radius 2 is 1.77 bits per heavy atom. The summed E-state index contributed by atoms with van der Waals surface area (Å²) < 4.78 is 40.5. The van der Waals surface area contributed by atoms with Gasteiger partial charge in [0.25, 0.3) is 0 Å². The summed E-state index contributed by atoms with van der Waals surface area (Å²) in [5.41, 5.74) is 7.01. The van der Waals surface area contributed by atoms with Crippen molar-refractivity contribution in [1.82, 2.24) is 5.32 Å². The maximum Gasteiger partial charge on any atom is 0.573 e. The highest BCUT2D eigenvalue weighted by molar-refractivity contribution is 5.79. The number of carbonyl (C=O) groups excluding carboxylic acids is 1. The van der Waals surface area contributed by atoms with Crippen molar-refractivity contribution in [3.05, 3.63) is 29.8 Å². The zero-order valence-corrected chi connectivity index (χ0v) is 14.8. The van der Waals surface area contributed by atoms with E-state index in [0.717, 1.165) is 31.2 Å². The molecule has 2 bridgehead atoms. The molecule has 0 aromatic heterocycles. The number of carbonyl (C=O) groups is 1. The Kier molecular flexibility index (Phi) is 5.46. The van der Waals surface area contributed by atoms with Crippen LogP contribution in [0.15, 0.2) is 24.3 Å². The second kappa shape index (κ2) is 7.47. The zero-order chi connectivity index (χ0) is 18.9. The molecule has 26 heavy (non-hydrogen) atoms. The van der Waals surface area contributed by atoms with Gasteiger partial charge in [0.05, 0.1) is 6.04 Å². The molecule has 3 atom stereocenters. The zero-order valence-electron chi connectivity index (χ0n) is 14.8. The normalized spacial score (nSPS) is 29.7. The van der Waals surface area contributed by atoms with Crippen molar-refractivity contribution in [2.75, 3.05) is 0 Å². The first-order valence-electron chi connectivity index (χ1n) is 9.14. The van der Waals surface area contributed by atoms with Gasteiger partial charge in [0.1, 0.15) is 5.75 Å². The molecule has 0 radical (unpaired) electrons. The Morgan fingerprint density at radius 3 is 2.31 bits per heavy atom. The first-order chi connectivity index (χ1) is 12.2. The highest BCUT2D eigenvalue weighted by Gasteiger charge is 2.40. The van der Waals surface area contributed by atoms with Crippen LogP contribution in [-0.2, 0) is 4.79 Å². The predicted octanol–water partition coefficient (Wildman–Crippen LogP) is 3.92. The predicted molar refractivity (Wildman–Crippen MR) is 91.2 cm³/mol. The molecule has 2 aliphatic rings. The molecule has 2 aliphatic carbocycles. The van der Waals surface area contributed by atoms with Crippen LogP contribution < -0.4 is 15.8 Å². The van der Waals surface area contributed by atoms with Gasteiger partial charge in [-0.3, -0.25) is 4.79 Å². The smallest absolute Gasteiger partial charge is 0.406 e. The van der Waals surface area contributed by atoms with Crippen LogP contribution in [0.2, 0.25) is 0 Å². The van der Waals surface area contributed by atoms with E-state index in [1.165, 1.54) is 30.7 Å². The molecule has 3 rings (SSSR count). The molecule has 2 fully saturated rings. The monoisotopic (exact) mass is 370 g/mol. The van der Waals surface area contributed by atoms with E-state index in [0.29, 0.717) is 11.8 Å². The lowest BCUT2D eigenvalue weighted by atomic mass is 9.65. The molecular formula is C19H25F3N2O2. The van der Waals surface area contributed by atoms with Gasteiger partial charge in [0.2, 0.25) is 5.91 Å². The number of ether oxygens (including phenoxy) is 1. The van der Waals surface area contributed by atoms with Crippen LogP contribution in [0.4, 0.5) is 13.2 Å². The number of amides is 1. The number of nitrogens with one attached hydrogen (secondary N) is 1. The van der Waals surface area contributed by atoms with Crippen molar-refractivity contribution >= 4 is 5.91 Å². The topological polar surface area (TPSA) is 64.4 Å². The van der Waals surface area contributed by atoms with Crippen molar-refractivity contribution in [3.63, 3.8) is 0 Å². The molecule has 1 aromatic rings. The van der Waals surface area contributed by atoms with Gasteiger partial charge in [0.15, 0.2) is 0 Å². The lowest BCUT2D eigenvalue weighted by Gasteiger charge is -2.43. The van der Waals surface area contributed by atoms with Gasteiger partial charge < -0.3 is 15.8 Å². The molecule has 0 spiro atoms. The van der Waals surface area contributed by atoms with Crippen LogP contribution in [-0.4, -0.2) is 18.3 Å². The molecule has 0 saturated heterocycles. The van der Waals surface area contributed by atoms with E-state index in [2.05, 4.69) is 10.1 Å². The summed E-state index contributed by atoms with van der Waals surface area (Å²) in [5.74, 6) is 0.561. The van der Waals surface area contributed by atoms with Crippen molar-refractivity contribution in [2.24, 2.45) is 23.5 Å². The SMILES string of the molecule is CC(NC(=O)C1CC2CCCC(C1)C2N)c1ccc(OC(F)(F)F)cc1. The minimum Gasteiger partial charge on any atom is -0.406 e. The van der Waals surface area contributed by atoms with Crippen LogP contribution >= 0.6 is 0 Å². The lowest BCUT2D eigenvalue weighted by Crippen LogP contribution is -2.49. The number of nitrogens with two attached hydrogens (primary N) is 1. The highest BCUT2D eigenvalue weighted by Crippen LogP contribution is 2.42. The fourth-order valence-corrected chi connectivity index (χ4v) is 4.38. The van der Waals surface area contributed by atoms with E-state index in [-0.39, 0.29) is 29.7 Å². The van der Waals surface area contributed by atoms with Gasteiger partial charge in [-0.2, -0.15) is 0 Å². The fraction of sp³-hybridized carbons (Fsp3) is 0.632. The average molecular weight is 370 g/mol. The summed E-state index contributed by atoms with van der Waals surface area (Å²) in [5, 5.41) is 2.99. The highest BCUT2D eigenvalue weighted by atomic mass is 19.4. The number of rotatable bonds is 4. The van der Waals surface area contributed by atoms with E-state index < -0.39 is 6.36 Å². The quantitative estimate of drug-likeness (QED) is 0.844. The molecule has 1 amide bonds. The Morgan fingerprint density at radius 1 is 1.19 bits per heavy atom. The summed E-state index contributed by atoms with van der Waals surface area (Å²) in [6.07, 6.45) is 0.333. The molecule has 7 heteroatoms. The first kappa shape index (κ1) is 19.0. The molecule has 4 nitrogen and oxygen atoms in total. The van der Waals surface area contributed by atoms with Gasteiger partial charge in [-0.1, -0.05) is 18.6 Å². The number of fused-ring (bicyclic) bond motifs is 2. The molecule has 3 N–H and O–H groups in total. The number of hydrogen-bond donors (Lipinski definition) is 2. The van der Waals surface area contributed by atoms with E-state index in [4.69, 9.17) is 5.73 Å². The maximum absolute atomic E-state index is 12.6. The summed E-state index contributed by atoms with van der Waals surface area (Å²) in [6, 6.07) is 5.53. The Bertz CT molecular complexity index is 619. The van der Waals surface area contributed by atoms with Crippen molar-refractivity contribution in [1.29, 1.82) is 0 Å². The van der Waals surface area contributed by atoms with E-state index in [1.54, 1.807) is 0 Å². The third-order valence-corrected chi connectivity index (χ3v) is 5.76. The molecule has 1 aromatic carbocycles. The molecule has 2 saturated carbocycles. The first-order valence-corrected chi connectivity index (χ1v) is 9.14. The average Bonchev–Trinajstić information content (AvgIpc) is 2.53. The molecular weight excluding hydrogens is 345 g/mol. The summed E-state index contributed by atoms with van der Waals surface area (Å²) in [4.78, 5) is 12.6. The van der Waals surface area contributed by atoms with Crippen LogP contribution in [0.3, 0.4) is 0 Å². The molecule has 144 valence electrons. The Labute approximate surface area is 151 Å². The molecule has 0 aliphatic heterocycles. The third kappa shape index (κ3) is 4.50. The number of alkyl halides is 3. The van der Waals surface area contributed by atoms with E-state index in [1.807, 2.05) is 6.92 Å². The standard InChI is InChI=1S/C19H25F3N2O2/c1-11(12-5-7-16(8-6-12)26-19(20,21)22)24-18(25)15-9-13-3-2-4-14(10-15)17(13)23/h5-8,11,13-15,17H,2-4,9-10,23H2,1H3,(H,24,25). The number of hydrogen-bond acceptors (Lipinski definition) is 3. The number of halogens is 3. The fourth-order valence-electron chi connectivity index (χ4n) is 4.38. The van der Waals surface area contributed by atoms with E-state index >= 15 is 0 Å². The Balaban J connectivity index is 1.57. The summed E-state index contributed by atoms with van der Waals surface area (Å²) in [6.45, 7) is 1.83. The van der Waals surface area contributed by atoms with Crippen LogP contribution in [0.5, 0.6) is 5.75 Å². The summed E-state index contributed by atoms with van der Waals surface area (Å²) in [7, 11) is 0. The van der Waals surface area contributed by atoms with Crippen LogP contribution in [0, 0.1) is 17.8 Å². The van der Waals surface area contributed by atoms with E-state index in [9.17, 15) is 18.0 Å². The minimum absolute atomic E-state index is 0.0110. The van der Waals surface area contributed by atoms with Gasteiger partial charge >= 0.3 is 6.36 Å². The number of benzene rings is 1. The molecule has 3 unspecified atom stereocenters. The third-order valence-electron chi connectivity index (χ3n) is 5.76. The van der Waals surface area contributed by atoms with Crippen molar-refractivity contribution in [3.8, 4) is 5.75 Å². The molecule has 0 heterocycles. The Hall–Kier alpha value is -1.76. The van der Waals surface area contributed by atoms with Crippen molar-refractivity contribution in [2.45, 2.75) is 57.5 Å². The largest absolute Gasteiger partial charge is 0.573 e. The van der Waals surface area contributed by atoms with Gasteiger partial charge in [0, 0.05) is 12.0 Å².